The maximum absolute atomic E-state index is 6.12. The zero-order chi connectivity index (χ0) is 21.4. The lowest BCUT2D eigenvalue weighted by atomic mass is 9.64. The zero-order valence-electron chi connectivity index (χ0n) is 17.5. The quantitative estimate of drug-likeness (QED) is 0.477. The number of nitrogens with zero attached hydrogens (tertiary/aromatic N) is 5. The molecule has 1 aliphatic carbocycles. The summed E-state index contributed by atoms with van der Waals surface area (Å²) in [6, 6.07) is 7.65. The fourth-order valence-corrected chi connectivity index (χ4v) is 4.00. The Morgan fingerprint density at radius 3 is 2.68 bits per heavy atom. The number of rotatable bonds is 6. The number of aliphatic imine (C=N–C) groups is 1. The molecule has 1 saturated carbocycles. The largest absolute Gasteiger partial charge is 0.472 e. The Hall–Kier alpha value is -3.33. The van der Waals surface area contributed by atoms with Crippen LogP contribution in [-0.4, -0.2) is 45.4 Å². The third-order valence-corrected chi connectivity index (χ3v) is 5.91. The summed E-state index contributed by atoms with van der Waals surface area (Å²) in [4.78, 5) is 8.90. The van der Waals surface area contributed by atoms with Crippen molar-refractivity contribution >= 4 is 5.84 Å². The summed E-state index contributed by atoms with van der Waals surface area (Å²) >= 11 is 0. The van der Waals surface area contributed by atoms with Crippen LogP contribution in [0.2, 0.25) is 0 Å². The van der Waals surface area contributed by atoms with E-state index in [1.54, 1.807) is 18.3 Å². The van der Waals surface area contributed by atoms with E-state index in [1.165, 1.54) is 0 Å². The van der Waals surface area contributed by atoms with Gasteiger partial charge in [0.15, 0.2) is 0 Å². The van der Waals surface area contributed by atoms with Crippen LogP contribution in [0.25, 0.3) is 11.3 Å². The topological polar surface area (TPSA) is 122 Å². The molecule has 0 unspecified atom stereocenters. The number of nitrogens with two attached hydrogens (primary N) is 1. The zero-order valence-corrected chi connectivity index (χ0v) is 17.5. The second-order valence-corrected chi connectivity index (χ2v) is 8.37. The summed E-state index contributed by atoms with van der Waals surface area (Å²) in [5.74, 6) is 1.48. The van der Waals surface area contributed by atoms with E-state index in [-0.39, 0.29) is 12.6 Å². The van der Waals surface area contributed by atoms with Crippen molar-refractivity contribution in [3.63, 3.8) is 0 Å². The highest BCUT2D eigenvalue weighted by molar-refractivity contribution is 5.95. The van der Waals surface area contributed by atoms with E-state index in [1.807, 2.05) is 26.0 Å². The molecule has 9 heteroatoms. The number of amidine groups is 1. The molecule has 0 bridgehead atoms. The molecule has 2 aliphatic rings. The average Bonchev–Trinajstić information content (AvgIpc) is 3.08. The van der Waals surface area contributed by atoms with Crippen molar-refractivity contribution in [3.8, 4) is 17.1 Å². The first-order valence-electron chi connectivity index (χ1n) is 10.3. The van der Waals surface area contributed by atoms with Gasteiger partial charge >= 0.3 is 0 Å². The number of aromatic nitrogens is 4. The monoisotopic (exact) mass is 420 g/mol. The second-order valence-electron chi connectivity index (χ2n) is 8.37. The van der Waals surface area contributed by atoms with Crippen molar-refractivity contribution in [2.75, 3.05) is 13.2 Å². The van der Waals surface area contributed by atoms with E-state index in [9.17, 15) is 0 Å². The maximum Gasteiger partial charge on any atom is 0.233 e. The summed E-state index contributed by atoms with van der Waals surface area (Å²) in [5.41, 5.74) is 10.4. The molecule has 3 aromatic rings. The Morgan fingerprint density at radius 2 is 2.03 bits per heavy atom. The maximum atomic E-state index is 6.12. The molecule has 0 radical (unpaired) electrons. The van der Waals surface area contributed by atoms with Crippen LogP contribution >= 0.6 is 0 Å². The van der Waals surface area contributed by atoms with Crippen LogP contribution in [0.4, 0.5) is 0 Å². The van der Waals surface area contributed by atoms with Crippen LogP contribution in [-0.2, 0) is 11.3 Å². The van der Waals surface area contributed by atoms with Gasteiger partial charge in [-0.1, -0.05) is 5.16 Å². The fourth-order valence-electron chi connectivity index (χ4n) is 4.00. The molecule has 0 atom stereocenters. The molecule has 9 nitrogen and oxygen atoms in total. The highest BCUT2D eigenvalue weighted by Gasteiger charge is 2.49. The molecule has 5 rings (SSSR count). The third kappa shape index (κ3) is 3.88. The van der Waals surface area contributed by atoms with E-state index in [0.717, 1.165) is 42.9 Å². The minimum Gasteiger partial charge on any atom is -0.472 e. The normalized spacial score (nSPS) is 17.9. The SMILES string of the molecule is Cc1ccc(-c2noc(C)c2COc2ccc(C(N)=NC3CC4(COC4)C3)nn2)cn1. The van der Waals surface area contributed by atoms with Gasteiger partial charge in [-0.3, -0.25) is 9.98 Å². The number of hydrogen-bond acceptors (Lipinski definition) is 8. The molecule has 31 heavy (non-hydrogen) atoms. The molecule has 1 saturated heterocycles. The van der Waals surface area contributed by atoms with Crippen LogP contribution in [0.15, 0.2) is 40.0 Å². The molecule has 2 N–H and O–H groups in total. The van der Waals surface area contributed by atoms with E-state index in [0.29, 0.717) is 34.3 Å². The summed E-state index contributed by atoms with van der Waals surface area (Å²) < 4.78 is 16.5. The standard InChI is InChI=1S/C22H24N6O3/c1-13-3-4-15(9-24-13)20-17(14(2)31-28-20)10-30-19-6-5-18(26-27-19)21(23)25-16-7-22(8-16)11-29-12-22/h3-6,9,16H,7-8,10-12H2,1-2H3,(H2,23,25). The molecule has 4 heterocycles. The number of pyridine rings is 1. The van der Waals surface area contributed by atoms with Crippen LogP contribution in [0.5, 0.6) is 5.88 Å². The highest BCUT2D eigenvalue weighted by Crippen LogP contribution is 2.48. The molecule has 2 fully saturated rings. The predicted octanol–water partition coefficient (Wildman–Crippen LogP) is 2.61. The van der Waals surface area contributed by atoms with Gasteiger partial charge in [-0.2, -0.15) is 0 Å². The van der Waals surface area contributed by atoms with Gasteiger partial charge in [-0.15, -0.1) is 10.2 Å². The van der Waals surface area contributed by atoms with E-state index in [4.69, 9.17) is 19.7 Å². The lowest BCUT2D eigenvalue weighted by molar-refractivity contribution is -0.162. The van der Waals surface area contributed by atoms with Gasteiger partial charge in [0.25, 0.3) is 0 Å². The molecule has 160 valence electrons. The van der Waals surface area contributed by atoms with Gasteiger partial charge in [-0.25, -0.2) is 0 Å². The predicted molar refractivity (Wildman–Crippen MR) is 113 cm³/mol. The summed E-state index contributed by atoms with van der Waals surface area (Å²) in [5, 5.41) is 12.5. The van der Waals surface area contributed by atoms with E-state index >= 15 is 0 Å². The minimum absolute atomic E-state index is 0.243. The first-order chi connectivity index (χ1) is 15.0. The Balaban J connectivity index is 1.23. The number of ether oxygens (including phenoxy) is 2. The van der Waals surface area contributed by atoms with Crippen molar-refractivity contribution in [1.29, 1.82) is 0 Å². The van der Waals surface area contributed by atoms with E-state index in [2.05, 4.69) is 25.3 Å². The van der Waals surface area contributed by atoms with Gasteiger partial charge in [-0.05, 0) is 44.9 Å². The minimum atomic E-state index is 0.243. The van der Waals surface area contributed by atoms with Crippen molar-refractivity contribution in [3.05, 3.63) is 53.2 Å². The number of aryl methyl sites for hydroxylation is 2. The van der Waals surface area contributed by atoms with Gasteiger partial charge < -0.3 is 19.7 Å². The molecule has 0 aromatic carbocycles. The van der Waals surface area contributed by atoms with Crippen LogP contribution < -0.4 is 10.5 Å². The molecule has 0 amide bonds. The van der Waals surface area contributed by atoms with Crippen LogP contribution in [0.1, 0.15) is 35.6 Å². The molecular weight excluding hydrogens is 396 g/mol. The molecule has 1 spiro atoms. The van der Waals surface area contributed by atoms with Gasteiger partial charge in [0.05, 0.1) is 24.8 Å². The molecular formula is C22H24N6O3. The van der Waals surface area contributed by atoms with Crippen molar-refractivity contribution in [2.24, 2.45) is 16.1 Å². The first kappa shape index (κ1) is 19.6. The Bertz CT molecular complexity index is 1100. The number of hydrogen-bond donors (Lipinski definition) is 1. The Morgan fingerprint density at radius 1 is 1.19 bits per heavy atom. The van der Waals surface area contributed by atoms with E-state index < -0.39 is 0 Å². The smallest absolute Gasteiger partial charge is 0.233 e. The average molecular weight is 420 g/mol. The fraction of sp³-hybridized carbons (Fsp3) is 0.409. The van der Waals surface area contributed by atoms with Gasteiger partial charge in [0.2, 0.25) is 5.88 Å². The summed E-state index contributed by atoms with van der Waals surface area (Å²) in [6.07, 6.45) is 3.83. The van der Waals surface area contributed by atoms with Crippen LogP contribution in [0.3, 0.4) is 0 Å². The van der Waals surface area contributed by atoms with Crippen LogP contribution in [0, 0.1) is 19.3 Å². The highest BCUT2D eigenvalue weighted by atomic mass is 16.5. The summed E-state index contributed by atoms with van der Waals surface area (Å²) in [7, 11) is 0. The van der Waals surface area contributed by atoms with Gasteiger partial charge in [0.1, 0.15) is 29.6 Å². The molecule has 1 aliphatic heterocycles. The molecule has 3 aromatic heterocycles. The first-order valence-corrected chi connectivity index (χ1v) is 10.3. The van der Waals surface area contributed by atoms with Crippen molar-refractivity contribution in [2.45, 2.75) is 39.3 Å². The van der Waals surface area contributed by atoms with Crippen molar-refractivity contribution < 1.29 is 14.0 Å². The third-order valence-electron chi connectivity index (χ3n) is 5.91. The lowest BCUT2D eigenvalue weighted by Gasteiger charge is -2.51. The second kappa shape index (κ2) is 7.73. The summed E-state index contributed by atoms with van der Waals surface area (Å²) in [6.45, 7) is 5.73. The lowest BCUT2D eigenvalue weighted by Crippen LogP contribution is -2.54. The van der Waals surface area contributed by atoms with Gasteiger partial charge in [0, 0.05) is 28.9 Å². The Labute approximate surface area is 179 Å². The Kier molecular flexibility index (Phi) is 4.90. The van der Waals surface area contributed by atoms with Crippen molar-refractivity contribution in [1.82, 2.24) is 20.3 Å².